The highest BCUT2D eigenvalue weighted by atomic mass is 31.2. The van der Waals surface area contributed by atoms with Crippen LogP contribution >= 0.6 is 7.60 Å². The first-order valence-electron chi connectivity index (χ1n) is 9.35. The van der Waals surface area contributed by atoms with E-state index < -0.39 is 29.7 Å². The van der Waals surface area contributed by atoms with Crippen LogP contribution in [-0.4, -0.2) is 36.9 Å². The average Bonchev–Trinajstić information content (AvgIpc) is 2.65. The molecule has 29 heavy (non-hydrogen) atoms. The zero-order valence-electron chi connectivity index (χ0n) is 15.6. The molecule has 11 nitrogen and oxygen atoms in total. The van der Waals surface area contributed by atoms with Crippen molar-refractivity contribution in [3.05, 3.63) is 48.5 Å². The van der Waals surface area contributed by atoms with Crippen molar-refractivity contribution in [2.75, 3.05) is 6.16 Å². The van der Waals surface area contributed by atoms with Gasteiger partial charge in [-0.1, -0.05) is 19.3 Å². The van der Waals surface area contributed by atoms with Crippen molar-refractivity contribution < 1.29 is 19.3 Å². The van der Waals surface area contributed by atoms with E-state index >= 15 is 0 Å². The second-order valence-electron chi connectivity index (χ2n) is 7.43. The second kappa shape index (κ2) is 8.58. The van der Waals surface area contributed by atoms with Gasteiger partial charge in [-0.05, 0) is 24.3 Å². The molecule has 0 saturated heterocycles. The summed E-state index contributed by atoms with van der Waals surface area (Å²) in [4.78, 5) is 57.6. The van der Waals surface area contributed by atoms with Crippen LogP contribution in [0, 0.1) is 16.0 Å². The molecule has 1 aliphatic carbocycles. The van der Waals surface area contributed by atoms with Crippen molar-refractivity contribution in [1.29, 1.82) is 0 Å². The molecule has 5 N–H and O–H groups in total. The molecule has 1 unspecified atom stereocenters. The van der Waals surface area contributed by atoms with Crippen LogP contribution in [0.25, 0.3) is 11.0 Å². The highest BCUT2D eigenvalue weighted by molar-refractivity contribution is 7.51. The number of nitro benzene ring substituents is 1. The summed E-state index contributed by atoms with van der Waals surface area (Å²) in [7, 11) is -4.27. The normalized spacial score (nSPS) is 16.8. The molecule has 1 aromatic carbocycles. The van der Waals surface area contributed by atoms with Gasteiger partial charge in [0, 0.05) is 24.7 Å². The Labute approximate surface area is 164 Å². The number of non-ortho nitro benzene ring substituents is 1. The molecular weight excluding hydrogens is 403 g/mol. The zero-order valence-corrected chi connectivity index (χ0v) is 16.5. The first-order chi connectivity index (χ1) is 13.6. The lowest BCUT2D eigenvalue weighted by molar-refractivity contribution is -0.384. The molecule has 1 heterocycles. The molecule has 2 aromatic rings. The monoisotopic (exact) mass is 426 g/mol. The molecule has 158 valence electrons. The summed E-state index contributed by atoms with van der Waals surface area (Å²) in [5, 5.41) is 14.4. The van der Waals surface area contributed by atoms with Crippen molar-refractivity contribution in [3.8, 4) is 0 Å². The van der Waals surface area contributed by atoms with Gasteiger partial charge in [0.05, 0.1) is 22.1 Å². The molecule has 0 bridgehead atoms. The number of rotatable bonds is 7. The van der Waals surface area contributed by atoms with E-state index in [9.17, 15) is 34.1 Å². The van der Waals surface area contributed by atoms with Gasteiger partial charge in [-0.15, -0.1) is 0 Å². The molecule has 12 heteroatoms. The van der Waals surface area contributed by atoms with Crippen molar-refractivity contribution >= 4 is 24.3 Å². The summed E-state index contributed by atoms with van der Waals surface area (Å²) in [5.41, 5.74) is -1.35. The second-order valence-corrected chi connectivity index (χ2v) is 9.12. The lowest BCUT2D eigenvalue weighted by atomic mass is 9.84. The van der Waals surface area contributed by atoms with E-state index in [0.29, 0.717) is 5.56 Å². The maximum absolute atomic E-state index is 11.7. The highest BCUT2D eigenvalue weighted by Gasteiger charge is 2.29. The summed E-state index contributed by atoms with van der Waals surface area (Å²) in [5.74, 6) is 0.0835. The van der Waals surface area contributed by atoms with Crippen LogP contribution in [0.4, 0.5) is 5.69 Å². The van der Waals surface area contributed by atoms with Crippen LogP contribution in [0.3, 0.4) is 0 Å². The van der Waals surface area contributed by atoms with Gasteiger partial charge in [-0.25, -0.2) is 0 Å². The fourth-order valence-corrected chi connectivity index (χ4v) is 4.88. The van der Waals surface area contributed by atoms with Crippen LogP contribution in [0.15, 0.2) is 21.7 Å². The van der Waals surface area contributed by atoms with Crippen molar-refractivity contribution in [2.24, 2.45) is 5.92 Å². The molecule has 1 saturated carbocycles. The van der Waals surface area contributed by atoms with E-state index in [1.807, 2.05) is 0 Å². The summed E-state index contributed by atoms with van der Waals surface area (Å²) in [6.07, 6.45) is 4.41. The van der Waals surface area contributed by atoms with Gasteiger partial charge in [-0.3, -0.25) is 24.3 Å². The van der Waals surface area contributed by atoms with Crippen LogP contribution in [0.5, 0.6) is 0 Å². The number of aromatic amines is 2. The minimum Gasteiger partial charge on any atom is -0.324 e. The topological polar surface area (TPSA) is 178 Å². The Morgan fingerprint density at radius 3 is 2.45 bits per heavy atom. The van der Waals surface area contributed by atoms with Gasteiger partial charge >= 0.3 is 18.7 Å². The number of hydrogen-bond donors (Lipinski definition) is 5. The van der Waals surface area contributed by atoms with Gasteiger partial charge in [0.2, 0.25) is 0 Å². The van der Waals surface area contributed by atoms with E-state index in [1.165, 1.54) is 6.07 Å². The molecule has 0 aliphatic heterocycles. The number of fused-ring (bicyclic) bond motifs is 1. The molecular formula is C17H23N4O7P. The molecule has 1 aromatic heterocycles. The number of H-pyrrole nitrogens is 2. The highest BCUT2D eigenvalue weighted by Crippen LogP contribution is 2.39. The van der Waals surface area contributed by atoms with Crippen LogP contribution in [0.1, 0.15) is 37.7 Å². The number of hydrogen-bond acceptors (Lipinski definition) is 6. The van der Waals surface area contributed by atoms with Gasteiger partial charge in [0.15, 0.2) is 0 Å². The fourth-order valence-electron chi connectivity index (χ4n) is 3.94. The van der Waals surface area contributed by atoms with Gasteiger partial charge in [-0.2, -0.15) is 0 Å². The maximum Gasteiger partial charge on any atom is 0.327 e. The summed E-state index contributed by atoms with van der Waals surface area (Å²) >= 11 is 0. The van der Waals surface area contributed by atoms with Crippen molar-refractivity contribution in [2.45, 2.75) is 44.7 Å². The number of nitrogens with one attached hydrogen (secondary N) is 3. The van der Waals surface area contributed by atoms with Gasteiger partial charge in [0.25, 0.3) is 5.69 Å². The minimum atomic E-state index is -4.27. The largest absolute Gasteiger partial charge is 0.327 e. The van der Waals surface area contributed by atoms with Gasteiger partial charge in [0.1, 0.15) is 0 Å². The molecule has 1 fully saturated rings. The van der Waals surface area contributed by atoms with Crippen LogP contribution in [-0.2, 0) is 11.1 Å². The number of benzene rings is 1. The third-order valence-corrected chi connectivity index (χ3v) is 6.19. The predicted molar refractivity (Wildman–Crippen MR) is 106 cm³/mol. The molecule has 1 aliphatic rings. The molecule has 1 atom stereocenters. The van der Waals surface area contributed by atoms with Gasteiger partial charge < -0.3 is 25.1 Å². The summed E-state index contributed by atoms with van der Waals surface area (Å²) in [6, 6.07) is 1.96. The van der Waals surface area contributed by atoms with E-state index in [0.717, 1.165) is 38.2 Å². The van der Waals surface area contributed by atoms with Crippen LogP contribution < -0.4 is 16.4 Å². The number of nitro groups is 1. The number of aromatic nitrogens is 2. The first kappa shape index (κ1) is 21.4. The molecule has 3 rings (SSSR count). The fraction of sp³-hybridized carbons (Fsp3) is 0.529. The Morgan fingerprint density at radius 1 is 1.17 bits per heavy atom. The molecule has 0 spiro atoms. The van der Waals surface area contributed by atoms with E-state index in [-0.39, 0.29) is 35.3 Å². The zero-order chi connectivity index (χ0) is 21.2. The third kappa shape index (κ3) is 5.39. The predicted octanol–water partition coefficient (Wildman–Crippen LogP) is 1.34. The standard InChI is InChI=1S/C17H23N4O7P/c22-16-17(23)20-15-11(6-12(21(24)25)7-13(15)19-16)8-18-14(9-29(26,27)28)10-4-2-1-3-5-10/h6-7,10,14,18H,1-5,8-9H2,(H,19,22)(H,20,23)(H2,26,27,28). The van der Waals surface area contributed by atoms with E-state index in [4.69, 9.17) is 0 Å². The Hall–Kier alpha value is -2.33. The summed E-state index contributed by atoms with van der Waals surface area (Å²) < 4.78 is 11.6. The van der Waals surface area contributed by atoms with Crippen LogP contribution in [0.2, 0.25) is 0 Å². The smallest absolute Gasteiger partial charge is 0.324 e. The number of nitrogens with zero attached hydrogens (tertiary/aromatic N) is 1. The quantitative estimate of drug-likeness (QED) is 0.190. The average molecular weight is 426 g/mol. The lowest BCUT2D eigenvalue weighted by Gasteiger charge is -2.31. The third-order valence-electron chi connectivity index (χ3n) is 5.32. The molecule has 0 amide bonds. The Bertz CT molecular complexity index is 1070. The lowest BCUT2D eigenvalue weighted by Crippen LogP contribution is -2.40. The minimum absolute atomic E-state index is 0.0430. The van der Waals surface area contributed by atoms with Crippen molar-refractivity contribution in [3.63, 3.8) is 0 Å². The Balaban J connectivity index is 1.94. The maximum atomic E-state index is 11.7. The van der Waals surface area contributed by atoms with E-state index in [1.54, 1.807) is 0 Å². The van der Waals surface area contributed by atoms with Crippen molar-refractivity contribution in [1.82, 2.24) is 15.3 Å². The SMILES string of the molecule is O=c1[nH]c2cc([N+](=O)[O-])cc(CNC(CP(=O)(O)O)C3CCCCC3)c2[nH]c1=O. The summed E-state index contributed by atoms with van der Waals surface area (Å²) in [6.45, 7) is 0.0430. The Morgan fingerprint density at radius 2 is 1.83 bits per heavy atom. The van der Waals surface area contributed by atoms with E-state index in [2.05, 4.69) is 15.3 Å². The molecule has 0 radical (unpaired) electrons. The Kier molecular flexibility index (Phi) is 6.33. The first-order valence-corrected chi connectivity index (χ1v) is 11.2.